The molecule has 1 N–H and O–H groups in total. The van der Waals surface area contributed by atoms with Gasteiger partial charge in [0.25, 0.3) is 0 Å². The number of nitrogens with zero attached hydrogens (tertiary/aromatic N) is 2. The molecule has 0 aromatic carbocycles. The fourth-order valence-electron chi connectivity index (χ4n) is 1.27. The zero-order valence-electron chi connectivity index (χ0n) is 10.4. The number of aromatic nitrogens is 1. The van der Waals surface area contributed by atoms with Crippen molar-refractivity contribution in [2.24, 2.45) is 0 Å². The Morgan fingerprint density at radius 1 is 1.47 bits per heavy atom. The zero-order valence-corrected chi connectivity index (χ0v) is 10.4. The second kappa shape index (κ2) is 6.20. The fourth-order valence-corrected chi connectivity index (χ4v) is 1.27. The largest absolute Gasteiger partial charge is 0.478 e. The van der Waals surface area contributed by atoms with E-state index in [0.29, 0.717) is 18.9 Å². The summed E-state index contributed by atoms with van der Waals surface area (Å²) in [5, 5.41) is 8.95. The Labute approximate surface area is 101 Å². The van der Waals surface area contributed by atoms with Gasteiger partial charge in [-0.05, 0) is 26.6 Å². The quantitative estimate of drug-likeness (QED) is 0.809. The molecule has 0 aliphatic heterocycles. The molecule has 1 rings (SSSR count). The van der Waals surface area contributed by atoms with Gasteiger partial charge in [0, 0.05) is 18.3 Å². The third-order valence-corrected chi connectivity index (χ3v) is 2.25. The highest BCUT2D eigenvalue weighted by Crippen LogP contribution is 2.13. The van der Waals surface area contributed by atoms with E-state index in [1.165, 1.54) is 6.07 Å². The molecule has 5 nitrogen and oxygen atoms in total. The maximum Gasteiger partial charge on any atom is 0.335 e. The average molecular weight is 238 g/mol. The zero-order chi connectivity index (χ0) is 12.8. The van der Waals surface area contributed by atoms with Crippen LogP contribution in [0.1, 0.15) is 23.0 Å². The number of rotatable bonds is 6. The molecule has 0 bridgehead atoms. The molecule has 0 aliphatic carbocycles. The molecule has 0 saturated carbocycles. The molecule has 17 heavy (non-hydrogen) atoms. The fraction of sp³-hybridized carbons (Fsp3) is 0.500. The van der Waals surface area contributed by atoms with Gasteiger partial charge in [0.2, 0.25) is 5.88 Å². The van der Waals surface area contributed by atoms with Gasteiger partial charge in [0.15, 0.2) is 0 Å². The Kier molecular flexibility index (Phi) is 4.90. The molecule has 5 heteroatoms. The van der Waals surface area contributed by atoms with Crippen molar-refractivity contribution < 1.29 is 14.6 Å². The summed E-state index contributed by atoms with van der Waals surface area (Å²) in [4.78, 5) is 17.1. The van der Waals surface area contributed by atoms with Crippen LogP contribution in [0.5, 0.6) is 5.88 Å². The number of aryl methyl sites for hydroxylation is 1. The molecule has 0 aliphatic rings. The summed E-state index contributed by atoms with van der Waals surface area (Å²) in [5.74, 6) is -0.580. The van der Waals surface area contributed by atoms with Gasteiger partial charge in [-0.15, -0.1) is 0 Å². The van der Waals surface area contributed by atoms with Gasteiger partial charge < -0.3 is 14.7 Å². The van der Waals surface area contributed by atoms with Crippen LogP contribution in [0.2, 0.25) is 0 Å². The Morgan fingerprint density at radius 2 is 2.18 bits per heavy atom. The van der Waals surface area contributed by atoms with E-state index in [1.54, 1.807) is 6.07 Å². The van der Waals surface area contributed by atoms with E-state index >= 15 is 0 Å². The lowest BCUT2D eigenvalue weighted by molar-refractivity contribution is 0.0696. The van der Waals surface area contributed by atoms with E-state index in [2.05, 4.69) is 4.98 Å². The molecule has 94 valence electrons. The smallest absolute Gasteiger partial charge is 0.335 e. The second-order valence-corrected chi connectivity index (χ2v) is 4.00. The topological polar surface area (TPSA) is 62.7 Å². The highest BCUT2D eigenvalue weighted by atomic mass is 16.5. The number of carboxylic acids is 1. The molecule has 1 heterocycles. The highest BCUT2D eigenvalue weighted by molar-refractivity contribution is 5.88. The van der Waals surface area contributed by atoms with E-state index < -0.39 is 5.97 Å². The molecule has 0 saturated heterocycles. The van der Waals surface area contributed by atoms with Gasteiger partial charge in [-0.1, -0.05) is 6.92 Å². The van der Waals surface area contributed by atoms with Gasteiger partial charge in [0.05, 0.1) is 5.56 Å². The van der Waals surface area contributed by atoms with Gasteiger partial charge in [-0.2, -0.15) is 0 Å². The molecular weight excluding hydrogens is 220 g/mol. The molecule has 1 aromatic heterocycles. The SMILES string of the molecule is CCc1cc(C(=O)O)cc(OCCN(C)C)n1. The first-order chi connectivity index (χ1) is 8.02. The number of likely N-dealkylation sites (N-methyl/N-ethyl adjacent to an activating group) is 1. The summed E-state index contributed by atoms with van der Waals surface area (Å²) in [5.41, 5.74) is 0.946. The van der Waals surface area contributed by atoms with Crippen LogP contribution < -0.4 is 4.74 Å². The minimum atomic E-state index is -0.959. The number of hydrogen-bond acceptors (Lipinski definition) is 4. The van der Waals surface area contributed by atoms with Crippen LogP contribution in [0.3, 0.4) is 0 Å². The normalized spacial score (nSPS) is 10.6. The van der Waals surface area contributed by atoms with Crippen LogP contribution in [0.15, 0.2) is 12.1 Å². The number of carboxylic acid groups (broad SMARTS) is 1. The number of ether oxygens (including phenoxy) is 1. The number of pyridine rings is 1. The molecule has 0 spiro atoms. The summed E-state index contributed by atoms with van der Waals surface area (Å²) in [6.45, 7) is 3.18. The van der Waals surface area contributed by atoms with Crippen LogP contribution in [0, 0.1) is 0 Å². The summed E-state index contributed by atoms with van der Waals surface area (Å²) in [6, 6.07) is 3.03. The molecule has 0 radical (unpaired) electrons. The summed E-state index contributed by atoms with van der Waals surface area (Å²) >= 11 is 0. The highest BCUT2D eigenvalue weighted by Gasteiger charge is 2.08. The van der Waals surface area contributed by atoms with Crippen molar-refractivity contribution in [3.05, 3.63) is 23.4 Å². The van der Waals surface area contributed by atoms with E-state index in [4.69, 9.17) is 9.84 Å². The lowest BCUT2D eigenvalue weighted by atomic mass is 10.2. The van der Waals surface area contributed by atoms with E-state index in [1.807, 2.05) is 25.9 Å². The Bertz CT molecular complexity index is 391. The van der Waals surface area contributed by atoms with Gasteiger partial charge in [-0.25, -0.2) is 9.78 Å². The Hall–Kier alpha value is -1.62. The van der Waals surface area contributed by atoms with Gasteiger partial charge >= 0.3 is 5.97 Å². The third-order valence-electron chi connectivity index (χ3n) is 2.25. The second-order valence-electron chi connectivity index (χ2n) is 4.00. The lowest BCUT2D eigenvalue weighted by Gasteiger charge is -2.11. The first-order valence-electron chi connectivity index (χ1n) is 5.54. The summed E-state index contributed by atoms with van der Waals surface area (Å²) in [7, 11) is 3.89. The molecule has 0 unspecified atom stereocenters. The van der Waals surface area contributed by atoms with E-state index in [0.717, 1.165) is 12.2 Å². The van der Waals surface area contributed by atoms with Crippen LogP contribution >= 0.6 is 0 Å². The maximum atomic E-state index is 10.9. The lowest BCUT2D eigenvalue weighted by Crippen LogP contribution is -2.20. The van der Waals surface area contributed by atoms with Crippen LogP contribution in [-0.4, -0.2) is 48.2 Å². The number of hydrogen-bond donors (Lipinski definition) is 1. The van der Waals surface area contributed by atoms with Crippen LogP contribution in [-0.2, 0) is 6.42 Å². The average Bonchev–Trinajstić information content (AvgIpc) is 2.28. The first kappa shape index (κ1) is 13.4. The van der Waals surface area contributed by atoms with Crippen molar-refractivity contribution in [1.82, 2.24) is 9.88 Å². The minimum Gasteiger partial charge on any atom is -0.478 e. The maximum absolute atomic E-state index is 10.9. The Morgan fingerprint density at radius 3 is 2.71 bits per heavy atom. The molecule has 0 amide bonds. The molecule has 0 fully saturated rings. The van der Waals surface area contributed by atoms with Gasteiger partial charge in [-0.3, -0.25) is 0 Å². The summed E-state index contributed by atoms with van der Waals surface area (Å²) in [6.07, 6.45) is 0.686. The van der Waals surface area contributed by atoms with Crippen molar-refractivity contribution in [2.75, 3.05) is 27.2 Å². The number of aromatic carboxylic acids is 1. The third kappa shape index (κ3) is 4.40. The monoisotopic (exact) mass is 238 g/mol. The van der Waals surface area contributed by atoms with Crippen molar-refractivity contribution >= 4 is 5.97 Å². The van der Waals surface area contributed by atoms with Crippen LogP contribution in [0.4, 0.5) is 0 Å². The Balaban J connectivity index is 2.76. The standard InChI is InChI=1S/C12H18N2O3/c1-4-10-7-9(12(15)16)8-11(13-10)17-6-5-14(2)3/h7-8H,4-6H2,1-3H3,(H,15,16). The van der Waals surface area contributed by atoms with E-state index in [9.17, 15) is 4.79 Å². The molecule has 1 aromatic rings. The first-order valence-corrected chi connectivity index (χ1v) is 5.54. The van der Waals surface area contributed by atoms with Crippen molar-refractivity contribution in [3.63, 3.8) is 0 Å². The summed E-state index contributed by atoms with van der Waals surface area (Å²) < 4.78 is 5.43. The van der Waals surface area contributed by atoms with Crippen molar-refractivity contribution in [1.29, 1.82) is 0 Å². The number of carbonyl (C=O) groups is 1. The van der Waals surface area contributed by atoms with Gasteiger partial charge in [0.1, 0.15) is 6.61 Å². The van der Waals surface area contributed by atoms with Crippen molar-refractivity contribution in [2.45, 2.75) is 13.3 Å². The van der Waals surface area contributed by atoms with Crippen molar-refractivity contribution in [3.8, 4) is 5.88 Å². The minimum absolute atomic E-state index is 0.219. The predicted molar refractivity (Wildman–Crippen MR) is 64.6 cm³/mol. The predicted octanol–water partition coefficient (Wildman–Crippen LogP) is 1.28. The van der Waals surface area contributed by atoms with E-state index in [-0.39, 0.29) is 5.56 Å². The molecule has 0 atom stereocenters. The van der Waals surface area contributed by atoms with Crippen LogP contribution in [0.25, 0.3) is 0 Å². The molecular formula is C12H18N2O3.